The Labute approximate surface area is 97.2 Å². The molecule has 0 bridgehead atoms. The number of nitrogens with one attached hydrogen (secondary N) is 1. The predicted molar refractivity (Wildman–Crippen MR) is 64.0 cm³/mol. The van der Waals surface area contributed by atoms with Crippen LogP contribution in [0.2, 0.25) is 0 Å². The molecular weight excluding hydrogens is 204 g/mol. The molecule has 0 aromatic rings. The number of nitrogens with two attached hydrogens (primary N) is 1. The molecule has 1 aliphatic rings. The fourth-order valence-electron chi connectivity index (χ4n) is 1.74. The lowest BCUT2D eigenvalue weighted by Gasteiger charge is -2.16. The van der Waals surface area contributed by atoms with E-state index in [1.807, 2.05) is 0 Å². The van der Waals surface area contributed by atoms with E-state index in [0.717, 1.165) is 12.8 Å². The molecule has 4 heteroatoms. The number of ether oxygens (including phenoxy) is 1. The Kier molecular flexibility index (Phi) is 6.85. The van der Waals surface area contributed by atoms with Crippen molar-refractivity contribution in [3.63, 3.8) is 0 Å². The molecule has 1 amide bonds. The Morgan fingerprint density at radius 1 is 1.44 bits per heavy atom. The van der Waals surface area contributed by atoms with Crippen molar-refractivity contribution in [3.05, 3.63) is 12.2 Å². The maximum atomic E-state index is 10.9. The second-order valence-corrected chi connectivity index (χ2v) is 4.03. The summed E-state index contributed by atoms with van der Waals surface area (Å²) in [5.41, 5.74) is 5.17. The van der Waals surface area contributed by atoms with E-state index in [4.69, 9.17) is 10.5 Å². The number of hydrogen-bond acceptors (Lipinski definition) is 3. The van der Waals surface area contributed by atoms with Gasteiger partial charge in [-0.1, -0.05) is 25.0 Å². The molecule has 1 unspecified atom stereocenters. The highest BCUT2D eigenvalue weighted by Gasteiger charge is 2.06. The topological polar surface area (TPSA) is 64.4 Å². The van der Waals surface area contributed by atoms with E-state index in [9.17, 15) is 4.79 Å². The molecule has 0 saturated carbocycles. The van der Waals surface area contributed by atoms with E-state index in [-0.39, 0.29) is 18.6 Å². The van der Waals surface area contributed by atoms with Gasteiger partial charge in [0.15, 0.2) is 0 Å². The van der Waals surface area contributed by atoms with Gasteiger partial charge in [0.05, 0.1) is 19.3 Å². The summed E-state index contributed by atoms with van der Waals surface area (Å²) in [7, 11) is 0. The fraction of sp³-hybridized carbons (Fsp3) is 0.750. The summed E-state index contributed by atoms with van der Waals surface area (Å²) in [6, 6.07) is 0. The lowest BCUT2D eigenvalue weighted by atomic mass is 10.0. The Hall–Kier alpha value is -0.870. The Balaban J connectivity index is 2.10. The zero-order valence-electron chi connectivity index (χ0n) is 9.78. The van der Waals surface area contributed by atoms with Crippen molar-refractivity contribution < 1.29 is 9.53 Å². The minimum atomic E-state index is -0.128. The highest BCUT2D eigenvalue weighted by atomic mass is 16.5. The second kappa shape index (κ2) is 8.30. The summed E-state index contributed by atoms with van der Waals surface area (Å²) in [6.45, 7) is 1.14. The average Bonchev–Trinajstić information content (AvgIpc) is 2.26. The number of allylic oxidation sites excluding steroid dienone is 1. The van der Waals surface area contributed by atoms with Gasteiger partial charge in [-0.2, -0.15) is 0 Å². The van der Waals surface area contributed by atoms with Crippen LogP contribution in [0.4, 0.5) is 0 Å². The van der Waals surface area contributed by atoms with Gasteiger partial charge < -0.3 is 15.8 Å². The van der Waals surface area contributed by atoms with Crippen LogP contribution in [0.3, 0.4) is 0 Å². The quantitative estimate of drug-likeness (QED) is 0.542. The molecule has 92 valence electrons. The van der Waals surface area contributed by atoms with Gasteiger partial charge in [0.25, 0.3) is 0 Å². The SMILES string of the molecule is NCC(=O)NCCOC1/C=C\CCCCC1. The van der Waals surface area contributed by atoms with Crippen LogP contribution in [0.1, 0.15) is 32.1 Å². The van der Waals surface area contributed by atoms with E-state index in [1.165, 1.54) is 19.3 Å². The number of carbonyl (C=O) groups is 1. The van der Waals surface area contributed by atoms with Crippen molar-refractivity contribution in [2.24, 2.45) is 5.73 Å². The first-order valence-electron chi connectivity index (χ1n) is 6.08. The molecule has 0 radical (unpaired) electrons. The van der Waals surface area contributed by atoms with Gasteiger partial charge >= 0.3 is 0 Å². The predicted octanol–water partition coefficient (Wildman–Crippen LogP) is 0.967. The highest BCUT2D eigenvalue weighted by Crippen LogP contribution is 2.13. The van der Waals surface area contributed by atoms with E-state index < -0.39 is 0 Å². The van der Waals surface area contributed by atoms with Crippen LogP contribution in [-0.2, 0) is 9.53 Å². The third-order valence-corrected chi connectivity index (χ3v) is 2.65. The zero-order valence-corrected chi connectivity index (χ0v) is 9.78. The molecule has 0 aliphatic heterocycles. The first-order chi connectivity index (χ1) is 7.83. The third-order valence-electron chi connectivity index (χ3n) is 2.65. The monoisotopic (exact) mass is 226 g/mol. The van der Waals surface area contributed by atoms with Gasteiger partial charge in [-0.3, -0.25) is 4.79 Å². The zero-order chi connectivity index (χ0) is 11.6. The first-order valence-corrected chi connectivity index (χ1v) is 6.08. The smallest absolute Gasteiger partial charge is 0.233 e. The molecule has 0 spiro atoms. The molecule has 0 aromatic heterocycles. The van der Waals surface area contributed by atoms with Gasteiger partial charge in [-0.05, 0) is 19.3 Å². The van der Waals surface area contributed by atoms with Crippen LogP contribution in [0, 0.1) is 0 Å². The van der Waals surface area contributed by atoms with Gasteiger partial charge in [0.2, 0.25) is 5.91 Å². The van der Waals surface area contributed by atoms with Crippen LogP contribution in [0.5, 0.6) is 0 Å². The first kappa shape index (κ1) is 13.2. The number of rotatable bonds is 5. The van der Waals surface area contributed by atoms with E-state index in [2.05, 4.69) is 17.5 Å². The summed E-state index contributed by atoms with van der Waals surface area (Å²) >= 11 is 0. The molecular formula is C12H22N2O2. The lowest BCUT2D eigenvalue weighted by Crippen LogP contribution is -2.33. The summed E-state index contributed by atoms with van der Waals surface area (Å²) in [5, 5.41) is 2.69. The molecule has 0 aromatic carbocycles. The van der Waals surface area contributed by atoms with Crippen molar-refractivity contribution in [1.82, 2.24) is 5.32 Å². The fourth-order valence-corrected chi connectivity index (χ4v) is 1.74. The van der Waals surface area contributed by atoms with E-state index in [1.54, 1.807) is 0 Å². The van der Waals surface area contributed by atoms with Crippen LogP contribution in [-0.4, -0.2) is 31.7 Å². The highest BCUT2D eigenvalue weighted by molar-refractivity contribution is 5.77. The molecule has 0 fully saturated rings. The molecule has 4 nitrogen and oxygen atoms in total. The number of amides is 1. The van der Waals surface area contributed by atoms with Gasteiger partial charge in [0, 0.05) is 6.54 Å². The van der Waals surface area contributed by atoms with Crippen LogP contribution < -0.4 is 11.1 Å². The van der Waals surface area contributed by atoms with Crippen LogP contribution >= 0.6 is 0 Å². The van der Waals surface area contributed by atoms with Crippen molar-refractivity contribution in [1.29, 1.82) is 0 Å². The molecule has 1 rings (SSSR count). The number of carbonyl (C=O) groups excluding carboxylic acids is 1. The maximum Gasteiger partial charge on any atom is 0.233 e. The molecule has 0 saturated heterocycles. The van der Waals surface area contributed by atoms with E-state index in [0.29, 0.717) is 13.2 Å². The molecule has 0 heterocycles. The van der Waals surface area contributed by atoms with Gasteiger partial charge in [-0.25, -0.2) is 0 Å². The van der Waals surface area contributed by atoms with Crippen molar-refractivity contribution >= 4 is 5.91 Å². The third kappa shape index (κ3) is 5.88. The minimum Gasteiger partial charge on any atom is -0.372 e. The van der Waals surface area contributed by atoms with Crippen molar-refractivity contribution in [3.8, 4) is 0 Å². The normalized spacial score (nSPS) is 23.2. The average molecular weight is 226 g/mol. The molecule has 16 heavy (non-hydrogen) atoms. The molecule has 1 aliphatic carbocycles. The largest absolute Gasteiger partial charge is 0.372 e. The maximum absolute atomic E-state index is 10.9. The Morgan fingerprint density at radius 3 is 3.12 bits per heavy atom. The summed E-state index contributed by atoms with van der Waals surface area (Å²) in [5.74, 6) is -0.128. The van der Waals surface area contributed by atoms with E-state index >= 15 is 0 Å². The van der Waals surface area contributed by atoms with Crippen molar-refractivity contribution in [2.75, 3.05) is 19.7 Å². The second-order valence-electron chi connectivity index (χ2n) is 4.03. The Morgan fingerprint density at radius 2 is 2.31 bits per heavy atom. The summed E-state index contributed by atoms with van der Waals surface area (Å²) in [4.78, 5) is 10.9. The van der Waals surface area contributed by atoms with Crippen LogP contribution in [0.15, 0.2) is 12.2 Å². The van der Waals surface area contributed by atoms with Crippen LogP contribution in [0.25, 0.3) is 0 Å². The lowest BCUT2D eigenvalue weighted by molar-refractivity contribution is -0.120. The molecule has 3 N–H and O–H groups in total. The number of hydrogen-bond donors (Lipinski definition) is 2. The van der Waals surface area contributed by atoms with Crippen molar-refractivity contribution in [2.45, 2.75) is 38.2 Å². The Bertz CT molecular complexity index is 229. The summed E-state index contributed by atoms with van der Waals surface area (Å²) in [6.07, 6.45) is 10.6. The van der Waals surface area contributed by atoms with Gasteiger partial charge in [-0.15, -0.1) is 0 Å². The molecule has 1 atom stereocenters. The van der Waals surface area contributed by atoms with Gasteiger partial charge in [0.1, 0.15) is 0 Å². The minimum absolute atomic E-state index is 0.0450. The standard InChI is InChI=1S/C12H22N2O2/c13-10-12(15)14-8-9-16-11-6-4-2-1-3-5-7-11/h4,6,11H,1-3,5,7-10,13H2,(H,14,15)/b6-4-. The summed E-state index contributed by atoms with van der Waals surface area (Å²) < 4.78 is 5.67.